The van der Waals surface area contributed by atoms with Crippen LogP contribution in [0.3, 0.4) is 0 Å². The van der Waals surface area contributed by atoms with Crippen molar-refractivity contribution in [3.8, 4) is 22.8 Å². The molecule has 1 aromatic heterocycles. The number of hydrogen-bond acceptors (Lipinski definition) is 6. The molecule has 28 heavy (non-hydrogen) atoms. The number of aromatic nitrogens is 1. The van der Waals surface area contributed by atoms with Crippen LogP contribution in [0.2, 0.25) is 5.02 Å². The number of aryl methyl sites for hydroxylation is 1. The monoisotopic (exact) mass is 400 g/mol. The Balaban J connectivity index is 1.53. The van der Waals surface area contributed by atoms with Gasteiger partial charge in [-0.15, -0.1) is 0 Å². The fourth-order valence-corrected chi connectivity index (χ4v) is 3.20. The van der Waals surface area contributed by atoms with Crippen molar-refractivity contribution in [3.63, 3.8) is 0 Å². The van der Waals surface area contributed by atoms with Gasteiger partial charge >= 0.3 is 6.09 Å². The summed E-state index contributed by atoms with van der Waals surface area (Å²) in [5.41, 5.74) is 2.36. The molecular formula is C20H17ClN2O5. The summed E-state index contributed by atoms with van der Waals surface area (Å²) in [4.78, 5) is 12.4. The molecule has 144 valence electrons. The molecule has 0 aliphatic carbocycles. The molecule has 1 aliphatic heterocycles. The number of ether oxygens (including phenoxy) is 3. The number of rotatable bonds is 4. The minimum absolute atomic E-state index is 0.172. The molecule has 1 amide bonds. The maximum Gasteiger partial charge on any atom is 0.412 e. The Bertz CT molecular complexity index is 1030. The van der Waals surface area contributed by atoms with Crippen LogP contribution in [0.4, 0.5) is 10.5 Å². The minimum Gasteiger partial charge on any atom is -0.454 e. The van der Waals surface area contributed by atoms with Crippen molar-refractivity contribution in [2.45, 2.75) is 20.0 Å². The number of nitrogens with one attached hydrogen (secondary N) is 1. The maximum absolute atomic E-state index is 12.4. The van der Waals surface area contributed by atoms with E-state index in [0.29, 0.717) is 39.2 Å². The largest absolute Gasteiger partial charge is 0.454 e. The van der Waals surface area contributed by atoms with E-state index in [2.05, 4.69) is 10.5 Å². The predicted octanol–water partition coefficient (Wildman–Crippen LogP) is 5.34. The van der Waals surface area contributed by atoms with Crippen molar-refractivity contribution in [1.82, 2.24) is 5.16 Å². The third-order valence-corrected chi connectivity index (χ3v) is 4.70. The molecule has 2 aromatic carbocycles. The zero-order valence-electron chi connectivity index (χ0n) is 15.2. The van der Waals surface area contributed by atoms with Crippen molar-refractivity contribution in [1.29, 1.82) is 0 Å². The number of hydrogen-bond donors (Lipinski definition) is 1. The van der Waals surface area contributed by atoms with Crippen LogP contribution in [0, 0.1) is 6.92 Å². The van der Waals surface area contributed by atoms with Crippen molar-refractivity contribution >= 4 is 23.4 Å². The summed E-state index contributed by atoms with van der Waals surface area (Å²) in [7, 11) is 0. The Morgan fingerprint density at radius 3 is 2.82 bits per heavy atom. The first kappa shape index (κ1) is 18.2. The summed E-state index contributed by atoms with van der Waals surface area (Å²) >= 11 is 6.16. The number of carbonyl (C=O) groups excluding carboxylic acids is 1. The molecule has 0 radical (unpaired) electrons. The summed E-state index contributed by atoms with van der Waals surface area (Å²) < 4.78 is 21.6. The second kappa shape index (κ2) is 7.44. The first-order valence-electron chi connectivity index (χ1n) is 8.61. The van der Waals surface area contributed by atoms with Gasteiger partial charge in [-0.05, 0) is 38.1 Å². The van der Waals surface area contributed by atoms with E-state index in [1.165, 1.54) is 0 Å². The third kappa shape index (κ3) is 3.48. The zero-order valence-corrected chi connectivity index (χ0v) is 15.9. The fourth-order valence-electron chi connectivity index (χ4n) is 2.91. The molecule has 1 N–H and O–H groups in total. The number of fused-ring (bicyclic) bond motifs is 1. The highest BCUT2D eigenvalue weighted by molar-refractivity contribution is 6.31. The van der Waals surface area contributed by atoms with Crippen LogP contribution in [0.1, 0.15) is 24.3 Å². The quantitative estimate of drug-likeness (QED) is 0.636. The van der Waals surface area contributed by atoms with Crippen molar-refractivity contribution < 1.29 is 23.5 Å². The van der Waals surface area contributed by atoms with E-state index in [1.807, 2.05) is 18.2 Å². The topological polar surface area (TPSA) is 82.8 Å². The molecule has 0 spiro atoms. The van der Waals surface area contributed by atoms with Crippen LogP contribution < -0.4 is 14.8 Å². The third-order valence-electron chi connectivity index (χ3n) is 4.35. The number of anilines is 1. The maximum atomic E-state index is 12.4. The second-order valence-electron chi connectivity index (χ2n) is 6.23. The average molecular weight is 401 g/mol. The van der Waals surface area contributed by atoms with Crippen LogP contribution >= 0.6 is 11.6 Å². The van der Waals surface area contributed by atoms with E-state index in [9.17, 15) is 4.79 Å². The molecule has 1 unspecified atom stereocenters. The highest BCUT2D eigenvalue weighted by atomic mass is 35.5. The molecule has 8 heteroatoms. The number of nitrogens with zero attached hydrogens (tertiary/aromatic N) is 1. The molecule has 0 fully saturated rings. The molecule has 7 nitrogen and oxygen atoms in total. The highest BCUT2D eigenvalue weighted by Crippen LogP contribution is 2.39. The first-order chi connectivity index (χ1) is 13.5. The Hall–Kier alpha value is -3.19. The van der Waals surface area contributed by atoms with Crippen molar-refractivity contribution in [2.75, 3.05) is 12.1 Å². The number of benzene rings is 2. The summed E-state index contributed by atoms with van der Waals surface area (Å²) in [5.74, 6) is 1.66. The molecule has 0 bridgehead atoms. The van der Waals surface area contributed by atoms with E-state index in [-0.39, 0.29) is 6.79 Å². The molecule has 2 heterocycles. The summed E-state index contributed by atoms with van der Waals surface area (Å²) in [6, 6.07) is 12.6. The summed E-state index contributed by atoms with van der Waals surface area (Å²) in [6.45, 7) is 3.65. The highest BCUT2D eigenvalue weighted by Gasteiger charge is 2.22. The van der Waals surface area contributed by atoms with E-state index in [4.69, 9.17) is 30.3 Å². The van der Waals surface area contributed by atoms with Gasteiger partial charge in [-0.25, -0.2) is 4.79 Å². The van der Waals surface area contributed by atoms with Gasteiger partial charge in [0.05, 0.1) is 0 Å². The van der Waals surface area contributed by atoms with Gasteiger partial charge in [-0.1, -0.05) is 35.0 Å². The Labute approximate surface area is 166 Å². The lowest BCUT2D eigenvalue weighted by atomic mass is 10.1. The normalized spacial score (nSPS) is 13.2. The molecule has 1 aliphatic rings. The van der Waals surface area contributed by atoms with Crippen molar-refractivity contribution in [2.24, 2.45) is 0 Å². The predicted molar refractivity (Wildman–Crippen MR) is 103 cm³/mol. The average Bonchev–Trinajstić information content (AvgIpc) is 3.28. The van der Waals surface area contributed by atoms with Crippen LogP contribution in [-0.4, -0.2) is 18.0 Å². The zero-order chi connectivity index (χ0) is 19.7. The van der Waals surface area contributed by atoms with Gasteiger partial charge in [0.25, 0.3) is 0 Å². The van der Waals surface area contributed by atoms with E-state index in [0.717, 1.165) is 5.56 Å². The SMILES string of the molecule is Cc1noc(-c2ccc3c(c2)OCO3)c1NC(=O)OC(C)c1ccccc1Cl. The number of halogens is 1. The van der Waals surface area contributed by atoms with Gasteiger partial charge in [0.2, 0.25) is 6.79 Å². The van der Waals surface area contributed by atoms with E-state index >= 15 is 0 Å². The molecule has 0 saturated heterocycles. The standard InChI is InChI=1S/C20H17ClN2O5/c1-11-18(22-20(24)27-12(2)14-5-3-4-6-15(14)21)19(28-23-11)13-7-8-16-17(9-13)26-10-25-16/h3-9,12H,10H2,1-2H3,(H,22,24). The smallest absolute Gasteiger partial charge is 0.412 e. The Morgan fingerprint density at radius 1 is 1.21 bits per heavy atom. The minimum atomic E-state index is -0.638. The second-order valence-corrected chi connectivity index (χ2v) is 6.64. The summed E-state index contributed by atoms with van der Waals surface area (Å²) in [6.07, 6.45) is -1.16. The van der Waals surface area contributed by atoms with Gasteiger partial charge in [0, 0.05) is 16.1 Å². The first-order valence-corrected chi connectivity index (χ1v) is 8.99. The lowest BCUT2D eigenvalue weighted by molar-refractivity contribution is 0.121. The van der Waals surface area contributed by atoms with Gasteiger partial charge < -0.3 is 18.7 Å². The molecule has 1 atom stereocenters. The van der Waals surface area contributed by atoms with Gasteiger partial charge in [0.15, 0.2) is 17.3 Å². The summed E-state index contributed by atoms with van der Waals surface area (Å²) in [5, 5.41) is 7.20. The molecule has 0 saturated carbocycles. The van der Waals surface area contributed by atoms with Crippen LogP contribution in [0.15, 0.2) is 47.0 Å². The van der Waals surface area contributed by atoms with Gasteiger partial charge in [0.1, 0.15) is 17.5 Å². The lowest BCUT2D eigenvalue weighted by Gasteiger charge is -2.15. The Morgan fingerprint density at radius 2 is 2.00 bits per heavy atom. The van der Waals surface area contributed by atoms with Crippen LogP contribution in [-0.2, 0) is 4.74 Å². The van der Waals surface area contributed by atoms with E-state index in [1.54, 1.807) is 38.1 Å². The Kier molecular flexibility index (Phi) is 4.83. The molecule has 3 aromatic rings. The number of carbonyl (C=O) groups is 1. The van der Waals surface area contributed by atoms with Crippen LogP contribution in [0.25, 0.3) is 11.3 Å². The van der Waals surface area contributed by atoms with Crippen LogP contribution in [0.5, 0.6) is 11.5 Å². The fraction of sp³-hybridized carbons (Fsp3) is 0.200. The number of amides is 1. The lowest BCUT2D eigenvalue weighted by Crippen LogP contribution is -2.17. The molecule has 4 rings (SSSR count). The van der Waals surface area contributed by atoms with E-state index < -0.39 is 12.2 Å². The van der Waals surface area contributed by atoms with Crippen molar-refractivity contribution in [3.05, 3.63) is 58.7 Å². The molecular weight excluding hydrogens is 384 g/mol. The van der Waals surface area contributed by atoms with Gasteiger partial charge in [-0.3, -0.25) is 5.32 Å². The van der Waals surface area contributed by atoms with Gasteiger partial charge in [-0.2, -0.15) is 0 Å².